The summed E-state index contributed by atoms with van der Waals surface area (Å²) in [6, 6.07) is 21.4. The molecule has 0 atom stereocenters. The molecule has 28 heavy (non-hydrogen) atoms. The van der Waals surface area contributed by atoms with Crippen LogP contribution in [-0.2, 0) is 13.1 Å². The summed E-state index contributed by atoms with van der Waals surface area (Å²) in [7, 11) is 0. The number of para-hydroxylation sites is 1. The van der Waals surface area contributed by atoms with Crippen LogP contribution in [0.25, 0.3) is 0 Å². The van der Waals surface area contributed by atoms with Crippen LogP contribution in [0, 0.1) is 0 Å². The van der Waals surface area contributed by atoms with E-state index in [2.05, 4.69) is 27.2 Å². The summed E-state index contributed by atoms with van der Waals surface area (Å²) in [5.74, 6) is 0.946. The summed E-state index contributed by atoms with van der Waals surface area (Å²) in [5, 5.41) is 2.92. The highest BCUT2D eigenvalue weighted by Crippen LogP contribution is 2.14. The zero-order valence-corrected chi connectivity index (χ0v) is 15.9. The number of hydrogen-bond acceptors (Lipinski definition) is 4. The largest absolute Gasteiger partial charge is 0.468 e. The molecule has 0 radical (unpaired) electrons. The average Bonchev–Trinajstić information content (AvgIpc) is 3.24. The molecule has 3 aromatic rings. The number of furan rings is 1. The number of benzene rings is 2. The van der Waals surface area contributed by atoms with Crippen LogP contribution < -0.4 is 5.32 Å². The van der Waals surface area contributed by atoms with E-state index in [1.165, 1.54) is 5.56 Å². The van der Waals surface area contributed by atoms with Gasteiger partial charge in [0.15, 0.2) is 0 Å². The Bertz CT molecular complexity index is 868. The predicted molar refractivity (Wildman–Crippen MR) is 110 cm³/mol. The SMILES string of the molecule is O=C(Nc1ccccc1)c1ccc(CN2CCN(Cc3ccco3)CC2)cc1. The Balaban J connectivity index is 1.26. The normalized spacial score (nSPS) is 15.4. The molecule has 1 amide bonds. The summed E-state index contributed by atoms with van der Waals surface area (Å²) in [5.41, 5.74) is 2.72. The number of hydrogen-bond donors (Lipinski definition) is 1. The fourth-order valence-corrected chi connectivity index (χ4v) is 3.47. The van der Waals surface area contributed by atoms with Gasteiger partial charge in [0.2, 0.25) is 0 Å². The number of amides is 1. The lowest BCUT2D eigenvalue weighted by Gasteiger charge is -2.34. The van der Waals surface area contributed by atoms with Gasteiger partial charge in [-0.15, -0.1) is 0 Å². The Morgan fingerprint density at radius 1 is 0.821 bits per heavy atom. The lowest BCUT2D eigenvalue weighted by Crippen LogP contribution is -2.45. The maximum atomic E-state index is 12.3. The van der Waals surface area contributed by atoms with E-state index >= 15 is 0 Å². The first-order valence-electron chi connectivity index (χ1n) is 9.69. The van der Waals surface area contributed by atoms with E-state index in [1.54, 1.807) is 6.26 Å². The van der Waals surface area contributed by atoms with Gasteiger partial charge in [-0.3, -0.25) is 14.6 Å². The van der Waals surface area contributed by atoms with Crippen LogP contribution in [0.15, 0.2) is 77.4 Å². The molecular weight excluding hydrogens is 350 g/mol. The standard InChI is InChI=1S/C23H25N3O2/c27-23(24-21-5-2-1-3-6-21)20-10-8-19(9-11-20)17-25-12-14-26(15-13-25)18-22-7-4-16-28-22/h1-11,16H,12-15,17-18H2,(H,24,27). The number of nitrogens with one attached hydrogen (secondary N) is 1. The van der Waals surface area contributed by atoms with Gasteiger partial charge < -0.3 is 9.73 Å². The molecule has 1 aliphatic rings. The van der Waals surface area contributed by atoms with E-state index in [9.17, 15) is 4.79 Å². The first kappa shape index (κ1) is 18.5. The minimum Gasteiger partial charge on any atom is -0.468 e. The first-order valence-corrected chi connectivity index (χ1v) is 9.69. The zero-order chi connectivity index (χ0) is 19.2. The molecule has 2 heterocycles. The average molecular weight is 375 g/mol. The van der Waals surface area contributed by atoms with E-state index in [-0.39, 0.29) is 5.91 Å². The molecule has 1 fully saturated rings. The fourth-order valence-electron chi connectivity index (χ4n) is 3.47. The number of carbonyl (C=O) groups excluding carboxylic acids is 1. The van der Waals surface area contributed by atoms with Crippen LogP contribution in [0.3, 0.4) is 0 Å². The lowest BCUT2D eigenvalue weighted by molar-refractivity contribution is 0.102. The molecule has 0 unspecified atom stereocenters. The molecule has 0 spiro atoms. The van der Waals surface area contributed by atoms with E-state index in [4.69, 9.17) is 4.42 Å². The number of nitrogens with zero attached hydrogens (tertiary/aromatic N) is 2. The molecule has 0 bridgehead atoms. The Hall–Kier alpha value is -2.89. The van der Waals surface area contributed by atoms with E-state index in [0.29, 0.717) is 5.56 Å². The van der Waals surface area contributed by atoms with Gasteiger partial charge in [-0.2, -0.15) is 0 Å². The van der Waals surface area contributed by atoms with Crippen molar-refractivity contribution in [2.24, 2.45) is 0 Å². The Morgan fingerprint density at radius 3 is 2.14 bits per heavy atom. The van der Waals surface area contributed by atoms with Crippen molar-refractivity contribution in [3.8, 4) is 0 Å². The molecule has 0 aliphatic carbocycles. The third kappa shape index (κ3) is 4.88. The van der Waals surface area contributed by atoms with E-state index < -0.39 is 0 Å². The topological polar surface area (TPSA) is 48.7 Å². The molecule has 1 N–H and O–H groups in total. The minimum absolute atomic E-state index is 0.0794. The van der Waals surface area contributed by atoms with Crippen molar-refractivity contribution in [2.75, 3.05) is 31.5 Å². The van der Waals surface area contributed by atoms with Crippen LogP contribution in [0.1, 0.15) is 21.7 Å². The second kappa shape index (κ2) is 8.87. The number of anilines is 1. The summed E-state index contributed by atoms with van der Waals surface area (Å²) in [4.78, 5) is 17.2. The summed E-state index contributed by atoms with van der Waals surface area (Å²) >= 11 is 0. The zero-order valence-electron chi connectivity index (χ0n) is 15.9. The maximum Gasteiger partial charge on any atom is 0.255 e. The number of piperazine rings is 1. The fraction of sp³-hybridized carbons (Fsp3) is 0.261. The van der Waals surface area contributed by atoms with Crippen molar-refractivity contribution < 1.29 is 9.21 Å². The van der Waals surface area contributed by atoms with Gasteiger partial charge in [0, 0.05) is 44.0 Å². The van der Waals surface area contributed by atoms with Crippen molar-refractivity contribution in [3.05, 3.63) is 89.9 Å². The summed E-state index contributed by atoms with van der Waals surface area (Å²) < 4.78 is 5.44. The lowest BCUT2D eigenvalue weighted by atomic mass is 10.1. The van der Waals surface area contributed by atoms with Crippen LogP contribution in [0.5, 0.6) is 0 Å². The highest BCUT2D eigenvalue weighted by molar-refractivity contribution is 6.04. The third-order valence-corrected chi connectivity index (χ3v) is 5.08. The molecular formula is C23H25N3O2. The maximum absolute atomic E-state index is 12.3. The molecule has 1 saturated heterocycles. The second-order valence-corrected chi connectivity index (χ2v) is 7.15. The van der Waals surface area contributed by atoms with Gasteiger partial charge in [0.05, 0.1) is 12.8 Å². The van der Waals surface area contributed by atoms with Gasteiger partial charge in [0.25, 0.3) is 5.91 Å². The molecule has 1 aromatic heterocycles. The van der Waals surface area contributed by atoms with Crippen LogP contribution in [0.2, 0.25) is 0 Å². The monoisotopic (exact) mass is 375 g/mol. The van der Waals surface area contributed by atoms with Crippen molar-refractivity contribution in [3.63, 3.8) is 0 Å². The van der Waals surface area contributed by atoms with E-state index in [1.807, 2.05) is 54.6 Å². The minimum atomic E-state index is -0.0794. The Labute approximate surface area is 165 Å². The molecule has 5 heteroatoms. The Kier molecular flexibility index (Phi) is 5.85. The molecule has 5 nitrogen and oxygen atoms in total. The quantitative estimate of drug-likeness (QED) is 0.711. The summed E-state index contributed by atoms with van der Waals surface area (Å²) in [6.07, 6.45) is 1.73. The van der Waals surface area contributed by atoms with Crippen LogP contribution in [0.4, 0.5) is 5.69 Å². The smallest absolute Gasteiger partial charge is 0.255 e. The first-order chi connectivity index (χ1) is 13.8. The second-order valence-electron chi connectivity index (χ2n) is 7.15. The summed E-state index contributed by atoms with van der Waals surface area (Å²) in [6.45, 7) is 5.95. The van der Waals surface area contributed by atoms with Crippen molar-refractivity contribution in [1.29, 1.82) is 0 Å². The van der Waals surface area contributed by atoms with Gasteiger partial charge >= 0.3 is 0 Å². The van der Waals surface area contributed by atoms with Crippen molar-refractivity contribution in [2.45, 2.75) is 13.1 Å². The van der Waals surface area contributed by atoms with Gasteiger partial charge in [-0.25, -0.2) is 0 Å². The van der Waals surface area contributed by atoms with Crippen LogP contribution in [-0.4, -0.2) is 41.9 Å². The molecule has 1 aliphatic heterocycles. The van der Waals surface area contributed by atoms with Gasteiger partial charge in [-0.05, 0) is 42.0 Å². The van der Waals surface area contributed by atoms with Crippen molar-refractivity contribution >= 4 is 11.6 Å². The highest BCUT2D eigenvalue weighted by Gasteiger charge is 2.18. The third-order valence-electron chi connectivity index (χ3n) is 5.08. The predicted octanol–water partition coefficient (Wildman–Crippen LogP) is 3.85. The van der Waals surface area contributed by atoms with Gasteiger partial charge in [-0.1, -0.05) is 30.3 Å². The van der Waals surface area contributed by atoms with Gasteiger partial charge in [0.1, 0.15) is 5.76 Å². The number of carbonyl (C=O) groups is 1. The molecule has 144 valence electrons. The van der Waals surface area contributed by atoms with Crippen molar-refractivity contribution in [1.82, 2.24) is 9.80 Å². The molecule has 0 saturated carbocycles. The highest BCUT2D eigenvalue weighted by atomic mass is 16.3. The van der Waals surface area contributed by atoms with Crippen LogP contribution >= 0.6 is 0 Å². The van der Waals surface area contributed by atoms with E-state index in [0.717, 1.165) is 50.7 Å². The Morgan fingerprint density at radius 2 is 1.50 bits per heavy atom. The molecule has 2 aromatic carbocycles. The molecule has 4 rings (SSSR count). The number of rotatable bonds is 6.